The molecular weight excluding hydrogens is 303 g/mol. The summed E-state index contributed by atoms with van der Waals surface area (Å²) in [6.07, 6.45) is 1.43. The van der Waals surface area contributed by atoms with Gasteiger partial charge in [0.1, 0.15) is 5.76 Å². The topological polar surface area (TPSA) is 71.8 Å². The molecular formula is C16H15FN2O4. The van der Waals surface area contributed by atoms with Crippen LogP contribution in [-0.4, -0.2) is 23.9 Å². The summed E-state index contributed by atoms with van der Waals surface area (Å²) < 4.78 is 23.8. The second kappa shape index (κ2) is 5.42. The van der Waals surface area contributed by atoms with E-state index in [1.54, 1.807) is 25.1 Å². The van der Waals surface area contributed by atoms with Gasteiger partial charge in [0.05, 0.1) is 19.9 Å². The molecule has 1 aromatic heterocycles. The predicted octanol–water partition coefficient (Wildman–Crippen LogP) is 2.39. The van der Waals surface area contributed by atoms with Gasteiger partial charge in [-0.2, -0.15) is 0 Å². The van der Waals surface area contributed by atoms with Gasteiger partial charge in [-0.3, -0.25) is 9.69 Å². The molecule has 0 bridgehead atoms. The number of furan rings is 1. The van der Waals surface area contributed by atoms with E-state index in [4.69, 9.17) is 9.15 Å². The largest absolute Gasteiger partial charge is 0.494 e. The molecule has 120 valence electrons. The van der Waals surface area contributed by atoms with Gasteiger partial charge in [0.2, 0.25) is 0 Å². The highest BCUT2D eigenvalue weighted by Crippen LogP contribution is 2.30. The van der Waals surface area contributed by atoms with Gasteiger partial charge in [-0.05, 0) is 36.8 Å². The predicted molar refractivity (Wildman–Crippen MR) is 78.1 cm³/mol. The summed E-state index contributed by atoms with van der Waals surface area (Å²) in [5, 5.41) is 2.62. The maximum atomic E-state index is 13.8. The fourth-order valence-electron chi connectivity index (χ4n) is 2.56. The molecule has 6 nitrogen and oxygen atoms in total. The van der Waals surface area contributed by atoms with E-state index in [1.807, 2.05) is 0 Å². The molecule has 0 radical (unpaired) electrons. The van der Waals surface area contributed by atoms with Gasteiger partial charge in [0, 0.05) is 0 Å². The summed E-state index contributed by atoms with van der Waals surface area (Å²) in [5.41, 5.74) is -0.776. The summed E-state index contributed by atoms with van der Waals surface area (Å²) in [6.45, 7) is 1.53. The molecule has 2 heterocycles. The zero-order valence-electron chi connectivity index (χ0n) is 12.6. The number of imide groups is 1. The quantitative estimate of drug-likeness (QED) is 0.879. The number of hydrogen-bond donors (Lipinski definition) is 1. The van der Waals surface area contributed by atoms with Crippen molar-refractivity contribution in [3.05, 3.63) is 53.7 Å². The van der Waals surface area contributed by atoms with Crippen LogP contribution in [0.1, 0.15) is 18.2 Å². The molecule has 0 unspecified atom stereocenters. The smallest absolute Gasteiger partial charge is 0.325 e. The highest BCUT2D eigenvalue weighted by Gasteiger charge is 2.50. The zero-order valence-corrected chi connectivity index (χ0v) is 12.6. The first-order chi connectivity index (χ1) is 11.0. The van der Waals surface area contributed by atoms with Gasteiger partial charge in [-0.25, -0.2) is 9.18 Å². The first-order valence-corrected chi connectivity index (χ1v) is 6.96. The van der Waals surface area contributed by atoms with E-state index in [1.165, 1.54) is 25.5 Å². The van der Waals surface area contributed by atoms with Crippen LogP contribution in [0.2, 0.25) is 0 Å². The van der Waals surface area contributed by atoms with Gasteiger partial charge in [0.25, 0.3) is 5.91 Å². The first kappa shape index (κ1) is 15.1. The molecule has 3 rings (SSSR count). The molecule has 1 saturated heterocycles. The van der Waals surface area contributed by atoms with Crippen molar-refractivity contribution in [2.45, 2.75) is 19.0 Å². The molecule has 23 heavy (non-hydrogen) atoms. The van der Waals surface area contributed by atoms with Crippen molar-refractivity contribution < 1.29 is 23.1 Å². The first-order valence-electron chi connectivity index (χ1n) is 6.96. The van der Waals surface area contributed by atoms with Crippen LogP contribution >= 0.6 is 0 Å². The summed E-state index contributed by atoms with van der Waals surface area (Å²) in [4.78, 5) is 25.8. The SMILES string of the molecule is COc1ccc(CN2C(=O)N[C@@](C)(c3ccco3)C2=O)cc1F. The Balaban J connectivity index is 1.85. The Kier molecular flexibility index (Phi) is 3.55. The third-order valence-corrected chi connectivity index (χ3v) is 3.85. The van der Waals surface area contributed by atoms with E-state index in [-0.39, 0.29) is 12.3 Å². The third-order valence-electron chi connectivity index (χ3n) is 3.85. The average Bonchev–Trinajstić information content (AvgIpc) is 3.12. The Hall–Kier alpha value is -2.83. The highest BCUT2D eigenvalue weighted by atomic mass is 19.1. The van der Waals surface area contributed by atoms with Crippen molar-refractivity contribution in [2.24, 2.45) is 0 Å². The lowest BCUT2D eigenvalue weighted by atomic mass is 9.99. The zero-order chi connectivity index (χ0) is 16.6. The number of carbonyl (C=O) groups excluding carboxylic acids is 2. The molecule has 3 amide bonds. The minimum absolute atomic E-state index is 0.0398. The standard InChI is InChI=1S/C16H15FN2O4/c1-16(13-4-3-7-23-13)14(20)19(15(21)18-16)9-10-5-6-12(22-2)11(17)8-10/h3-8H,9H2,1-2H3,(H,18,21)/t16-/m0/s1. The van der Waals surface area contributed by atoms with Crippen molar-refractivity contribution in [1.82, 2.24) is 10.2 Å². The Labute approximate surface area is 131 Å². The minimum atomic E-state index is -1.26. The van der Waals surface area contributed by atoms with Gasteiger partial charge in [0.15, 0.2) is 17.1 Å². The van der Waals surface area contributed by atoms with Crippen molar-refractivity contribution in [2.75, 3.05) is 7.11 Å². The maximum absolute atomic E-state index is 13.8. The van der Waals surface area contributed by atoms with Gasteiger partial charge in [-0.1, -0.05) is 6.07 Å². The van der Waals surface area contributed by atoms with Crippen molar-refractivity contribution in [3.8, 4) is 5.75 Å². The number of carbonyl (C=O) groups is 2. The Morgan fingerprint density at radius 2 is 2.13 bits per heavy atom. The number of rotatable bonds is 4. The van der Waals surface area contributed by atoms with E-state index in [0.717, 1.165) is 4.90 Å². The van der Waals surface area contributed by atoms with E-state index in [2.05, 4.69) is 5.32 Å². The maximum Gasteiger partial charge on any atom is 0.325 e. The number of nitrogens with one attached hydrogen (secondary N) is 1. The van der Waals surface area contributed by atoms with Gasteiger partial charge < -0.3 is 14.5 Å². The minimum Gasteiger partial charge on any atom is -0.494 e. The van der Waals surface area contributed by atoms with Crippen LogP contribution < -0.4 is 10.1 Å². The number of nitrogens with zero attached hydrogens (tertiary/aromatic N) is 1. The molecule has 7 heteroatoms. The number of ether oxygens (including phenoxy) is 1. The van der Waals surface area contributed by atoms with Gasteiger partial charge >= 0.3 is 6.03 Å². The lowest BCUT2D eigenvalue weighted by molar-refractivity contribution is -0.132. The summed E-state index contributed by atoms with van der Waals surface area (Å²) >= 11 is 0. The molecule has 0 spiro atoms. The lowest BCUT2D eigenvalue weighted by Crippen LogP contribution is -2.40. The van der Waals surface area contributed by atoms with Crippen LogP contribution in [-0.2, 0) is 16.9 Å². The van der Waals surface area contributed by atoms with Crippen molar-refractivity contribution >= 4 is 11.9 Å². The van der Waals surface area contributed by atoms with Crippen LogP contribution in [0.15, 0.2) is 41.0 Å². The number of benzene rings is 1. The Morgan fingerprint density at radius 3 is 2.74 bits per heavy atom. The summed E-state index contributed by atoms with van der Waals surface area (Å²) in [6, 6.07) is 7.00. The monoisotopic (exact) mass is 318 g/mol. The molecule has 1 N–H and O–H groups in total. The molecule has 0 aliphatic carbocycles. The van der Waals surface area contributed by atoms with E-state index in [9.17, 15) is 14.0 Å². The van der Waals surface area contributed by atoms with E-state index < -0.39 is 23.3 Å². The average molecular weight is 318 g/mol. The molecule has 2 aromatic rings. The molecule has 1 atom stereocenters. The fourth-order valence-corrected chi connectivity index (χ4v) is 2.56. The Bertz CT molecular complexity index is 759. The van der Waals surface area contributed by atoms with Crippen LogP contribution in [0.4, 0.5) is 9.18 Å². The van der Waals surface area contributed by atoms with Crippen molar-refractivity contribution in [1.29, 1.82) is 0 Å². The van der Waals surface area contributed by atoms with Crippen LogP contribution in [0, 0.1) is 5.82 Å². The van der Waals surface area contributed by atoms with E-state index >= 15 is 0 Å². The normalized spacial score (nSPS) is 20.7. The van der Waals surface area contributed by atoms with Crippen molar-refractivity contribution in [3.63, 3.8) is 0 Å². The number of hydrogen-bond acceptors (Lipinski definition) is 4. The number of halogens is 1. The summed E-state index contributed by atoms with van der Waals surface area (Å²) in [5.74, 6) is -0.551. The highest BCUT2D eigenvalue weighted by molar-refractivity contribution is 6.06. The number of methoxy groups -OCH3 is 1. The molecule has 1 aliphatic rings. The third kappa shape index (κ3) is 2.44. The number of amides is 3. The molecule has 1 aliphatic heterocycles. The van der Waals surface area contributed by atoms with Crippen LogP contribution in [0.5, 0.6) is 5.75 Å². The Morgan fingerprint density at radius 1 is 1.35 bits per heavy atom. The summed E-state index contributed by atoms with van der Waals surface area (Å²) in [7, 11) is 1.37. The number of urea groups is 1. The molecule has 1 aromatic carbocycles. The fraction of sp³-hybridized carbons (Fsp3) is 0.250. The molecule has 1 fully saturated rings. The lowest BCUT2D eigenvalue weighted by Gasteiger charge is -2.19. The van der Waals surface area contributed by atoms with E-state index in [0.29, 0.717) is 11.3 Å². The molecule has 0 saturated carbocycles. The van der Waals surface area contributed by atoms with Gasteiger partial charge in [-0.15, -0.1) is 0 Å². The van der Waals surface area contributed by atoms with Crippen LogP contribution in [0.3, 0.4) is 0 Å². The van der Waals surface area contributed by atoms with Crippen LogP contribution in [0.25, 0.3) is 0 Å². The second-order valence-corrected chi connectivity index (χ2v) is 5.39. The second-order valence-electron chi connectivity index (χ2n) is 5.39.